The van der Waals surface area contributed by atoms with E-state index in [1.165, 1.54) is 18.7 Å². The molecule has 0 aliphatic rings. The van der Waals surface area contributed by atoms with E-state index in [0.29, 0.717) is 22.4 Å². The third-order valence-electron chi connectivity index (χ3n) is 3.89. The highest BCUT2D eigenvalue weighted by Crippen LogP contribution is 2.27. The smallest absolute Gasteiger partial charge is 0.277 e. The Morgan fingerprint density at radius 3 is 2.56 bits per heavy atom. The summed E-state index contributed by atoms with van der Waals surface area (Å²) >= 11 is 1.18. The van der Waals surface area contributed by atoms with Crippen molar-refractivity contribution in [3.63, 3.8) is 0 Å². The number of nitrogens with one attached hydrogen (secondary N) is 1. The number of hydrogen-bond acceptors (Lipinski definition) is 6. The molecular weight excluding hydrogens is 362 g/mol. The maximum absolute atomic E-state index is 12.4. The van der Waals surface area contributed by atoms with Crippen molar-refractivity contribution in [3.05, 3.63) is 59.7 Å². The topological polar surface area (TPSA) is 85.1 Å². The fraction of sp³-hybridized carbons (Fsp3) is 0.200. The minimum Gasteiger partial charge on any atom is -0.411 e. The molecule has 7 heteroatoms. The molecule has 0 aliphatic heterocycles. The van der Waals surface area contributed by atoms with Crippen molar-refractivity contribution in [1.82, 2.24) is 10.2 Å². The van der Waals surface area contributed by atoms with Gasteiger partial charge in [0.25, 0.3) is 5.22 Å². The van der Waals surface area contributed by atoms with Crippen LogP contribution in [0.25, 0.3) is 11.5 Å². The third kappa shape index (κ3) is 4.83. The molecular formula is C20H19N3O3S. The van der Waals surface area contributed by atoms with Gasteiger partial charge in [-0.1, -0.05) is 41.6 Å². The monoisotopic (exact) mass is 381 g/mol. The van der Waals surface area contributed by atoms with E-state index in [9.17, 15) is 9.59 Å². The Balaban J connectivity index is 1.64. The van der Waals surface area contributed by atoms with Gasteiger partial charge in [-0.15, -0.1) is 10.2 Å². The van der Waals surface area contributed by atoms with Gasteiger partial charge in [0.05, 0.1) is 5.25 Å². The molecule has 0 bridgehead atoms. The fourth-order valence-electron chi connectivity index (χ4n) is 2.33. The summed E-state index contributed by atoms with van der Waals surface area (Å²) in [5.74, 6) is 0.151. The number of ketones is 1. The van der Waals surface area contributed by atoms with Gasteiger partial charge >= 0.3 is 0 Å². The molecule has 0 aliphatic carbocycles. The highest BCUT2D eigenvalue weighted by atomic mass is 32.2. The van der Waals surface area contributed by atoms with E-state index in [0.717, 1.165) is 11.1 Å². The SMILES string of the molecule is CC(=O)c1cccc(NC(=O)[C@@H](C)Sc2nnc(-c3ccc(C)cc3)o2)c1. The van der Waals surface area contributed by atoms with Crippen molar-refractivity contribution in [2.45, 2.75) is 31.2 Å². The highest BCUT2D eigenvalue weighted by Gasteiger charge is 2.19. The second-order valence-corrected chi connectivity index (χ2v) is 7.42. The van der Waals surface area contributed by atoms with Gasteiger partial charge in [-0.05, 0) is 45.0 Å². The van der Waals surface area contributed by atoms with Crippen LogP contribution >= 0.6 is 11.8 Å². The summed E-state index contributed by atoms with van der Waals surface area (Å²) in [6.45, 7) is 5.25. The number of rotatable bonds is 6. The molecule has 1 heterocycles. The zero-order valence-electron chi connectivity index (χ0n) is 15.2. The van der Waals surface area contributed by atoms with E-state index in [1.54, 1.807) is 31.2 Å². The van der Waals surface area contributed by atoms with Crippen LogP contribution in [0.2, 0.25) is 0 Å². The molecule has 2 aromatic carbocycles. The van der Waals surface area contributed by atoms with Gasteiger partial charge in [-0.3, -0.25) is 9.59 Å². The predicted octanol–water partition coefficient (Wildman–Crippen LogP) is 4.37. The summed E-state index contributed by atoms with van der Waals surface area (Å²) in [4.78, 5) is 23.9. The first kappa shape index (κ1) is 18.8. The fourth-order valence-corrected chi connectivity index (χ4v) is 3.02. The lowest BCUT2D eigenvalue weighted by Crippen LogP contribution is -2.22. The number of aromatic nitrogens is 2. The summed E-state index contributed by atoms with van der Waals surface area (Å²) in [6.07, 6.45) is 0. The lowest BCUT2D eigenvalue weighted by Gasteiger charge is -2.10. The number of carbonyl (C=O) groups is 2. The third-order valence-corrected chi connectivity index (χ3v) is 4.82. The Morgan fingerprint density at radius 2 is 1.85 bits per heavy atom. The van der Waals surface area contributed by atoms with Gasteiger partial charge in [0, 0.05) is 16.8 Å². The van der Waals surface area contributed by atoms with Crippen molar-refractivity contribution < 1.29 is 14.0 Å². The lowest BCUT2D eigenvalue weighted by atomic mass is 10.1. The first-order chi connectivity index (χ1) is 12.9. The molecule has 3 rings (SSSR count). The number of benzene rings is 2. The van der Waals surface area contributed by atoms with E-state index in [-0.39, 0.29) is 11.7 Å². The molecule has 1 amide bonds. The second kappa shape index (κ2) is 8.18. The minimum atomic E-state index is -0.447. The molecule has 3 aromatic rings. The molecule has 0 spiro atoms. The van der Waals surface area contributed by atoms with Gasteiger partial charge < -0.3 is 9.73 Å². The Kier molecular flexibility index (Phi) is 5.71. The largest absolute Gasteiger partial charge is 0.411 e. The summed E-state index contributed by atoms with van der Waals surface area (Å²) in [5.41, 5.74) is 3.10. The van der Waals surface area contributed by atoms with E-state index >= 15 is 0 Å². The summed E-state index contributed by atoms with van der Waals surface area (Å²) < 4.78 is 5.65. The van der Waals surface area contributed by atoms with E-state index in [1.807, 2.05) is 31.2 Å². The Bertz CT molecular complexity index is 967. The van der Waals surface area contributed by atoms with E-state index in [2.05, 4.69) is 15.5 Å². The number of anilines is 1. The Hall–Kier alpha value is -2.93. The highest BCUT2D eigenvalue weighted by molar-refractivity contribution is 8.00. The zero-order valence-corrected chi connectivity index (χ0v) is 16.0. The number of Topliss-reactive ketones (excluding diaryl/α,β-unsaturated/α-hetero) is 1. The summed E-state index contributed by atoms with van der Waals surface area (Å²) in [7, 11) is 0. The molecule has 0 saturated heterocycles. The number of amides is 1. The molecule has 6 nitrogen and oxygen atoms in total. The first-order valence-electron chi connectivity index (χ1n) is 8.41. The second-order valence-electron chi connectivity index (χ2n) is 6.13. The average molecular weight is 381 g/mol. The minimum absolute atomic E-state index is 0.0528. The molecule has 0 fully saturated rings. The standard InChI is InChI=1S/C20H19N3O3S/c1-12-7-9-15(10-8-12)19-22-23-20(26-19)27-14(3)18(25)21-17-6-4-5-16(11-17)13(2)24/h4-11,14H,1-3H3,(H,21,25)/t14-/m1/s1. The number of thioether (sulfide) groups is 1. The van der Waals surface area contributed by atoms with Crippen LogP contribution in [0.4, 0.5) is 5.69 Å². The average Bonchev–Trinajstić information content (AvgIpc) is 3.11. The van der Waals surface area contributed by atoms with E-state index in [4.69, 9.17) is 4.42 Å². The number of hydrogen-bond donors (Lipinski definition) is 1. The van der Waals surface area contributed by atoms with Crippen LogP contribution in [0.3, 0.4) is 0 Å². The van der Waals surface area contributed by atoms with Gasteiger partial charge in [0.2, 0.25) is 11.8 Å². The van der Waals surface area contributed by atoms with Crippen molar-refractivity contribution >= 4 is 29.1 Å². The molecule has 0 unspecified atom stereocenters. The van der Waals surface area contributed by atoms with Crippen molar-refractivity contribution in [2.75, 3.05) is 5.32 Å². The number of carbonyl (C=O) groups excluding carboxylic acids is 2. The molecule has 1 atom stereocenters. The van der Waals surface area contributed by atoms with Crippen molar-refractivity contribution in [2.24, 2.45) is 0 Å². The number of nitrogens with zero attached hydrogens (tertiary/aromatic N) is 2. The predicted molar refractivity (Wildman–Crippen MR) is 105 cm³/mol. The Labute approximate surface area is 161 Å². The summed E-state index contributed by atoms with van der Waals surface area (Å²) in [6, 6.07) is 14.6. The van der Waals surface area contributed by atoms with Crippen molar-refractivity contribution in [3.8, 4) is 11.5 Å². The maximum Gasteiger partial charge on any atom is 0.277 e. The van der Waals surface area contributed by atoms with Crippen LogP contribution < -0.4 is 5.32 Å². The molecule has 0 radical (unpaired) electrons. The maximum atomic E-state index is 12.4. The van der Waals surface area contributed by atoms with Gasteiger partial charge in [0.1, 0.15) is 0 Å². The first-order valence-corrected chi connectivity index (χ1v) is 9.29. The van der Waals surface area contributed by atoms with Crippen LogP contribution in [-0.4, -0.2) is 27.1 Å². The van der Waals surface area contributed by atoms with Crippen LogP contribution in [-0.2, 0) is 4.79 Å². The van der Waals surface area contributed by atoms with Gasteiger partial charge in [-0.2, -0.15) is 0 Å². The molecule has 1 N–H and O–H groups in total. The molecule has 1 aromatic heterocycles. The van der Waals surface area contributed by atoms with Crippen LogP contribution in [0.5, 0.6) is 0 Å². The van der Waals surface area contributed by atoms with E-state index < -0.39 is 5.25 Å². The molecule has 0 saturated carbocycles. The molecule has 138 valence electrons. The normalized spacial score (nSPS) is 11.8. The summed E-state index contributed by atoms with van der Waals surface area (Å²) in [5, 5.41) is 10.7. The Morgan fingerprint density at radius 1 is 1.11 bits per heavy atom. The number of aryl methyl sites for hydroxylation is 1. The van der Waals surface area contributed by atoms with Crippen LogP contribution in [0.1, 0.15) is 29.8 Å². The van der Waals surface area contributed by atoms with Gasteiger partial charge in [-0.25, -0.2) is 0 Å². The van der Waals surface area contributed by atoms with Gasteiger partial charge in [0.15, 0.2) is 5.78 Å². The van der Waals surface area contributed by atoms with Crippen LogP contribution in [0, 0.1) is 6.92 Å². The lowest BCUT2D eigenvalue weighted by molar-refractivity contribution is -0.115. The van der Waals surface area contributed by atoms with Crippen molar-refractivity contribution in [1.29, 1.82) is 0 Å². The zero-order chi connectivity index (χ0) is 19.4. The quantitative estimate of drug-likeness (QED) is 0.504. The molecule has 27 heavy (non-hydrogen) atoms. The van der Waals surface area contributed by atoms with Crippen LogP contribution in [0.15, 0.2) is 58.2 Å².